The Kier molecular flexibility index (Phi) is 9.53. The van der Waals surface area contributed by atoms with Gasteiger partial charge in [0, 0.05) is 25.2 Å². The molecule has 0 aromatic carbocycles. The lowest BCUT2D eigenvalue weighted by Gasteiger charge is -2.36. The van der Waals surface area contributed by atoms with Crippen LogP contribution in [-0.4, -0.2) is 82.2 Å². The van der Waals surface area contributed by atoms with Crippen LogP contribution < -0.4 is 14.8 Å². The Morgan fingerprint density at radius 3 is 2.50 bits per heavy atom. The number of alkyl halides is 4. The van der Waals surface area contributed by atoms with Crippen LogP contribution in [0.15, 0.2) is 24.4 Å². The summed E-state index contributed by atoms with van der Waals surface area (Å²) in [6.45, 7) is 8.54. The fraction of sp³-hybridized carbons (Fsp3) is 0.500. The maximum atomic E-state index is 14.6. The highest BCUT2D eigenvalue weighted by atomic mass is 32.2. The molecule has 18 heteroatoms. The second-order valence-corrected chi connectivity index (χ2v) is 14.0. The summed E-state index contributed by atoms with van der Waals surface area (Å²) in [7, 11) is -4.71. The molecule has 3 aromatic rings. The van der Waals surface area contributed by atoms with Gasteiger partial charge in [0.15, 0.2) is 11.5 Å². The number of amides is 1. The number of anilines is 2. The van der Waals surface area contributed by atoms with Crippen molar-refractivity contribution < 1.29 is 40.2 Å². The highest BCUT2D eigenvalue weighted by molar-refractivity contribution is 7.92. The Balaban J connectivity index is 1.49. The van der Waals surface area contributed by atoms with Gasteiger partial charge in [-0.1, -0.05) is 0 Å². The quantitative estimate of drug-likeness (QED) is 0.298. The van der Waals surface area contributed by atoms with Crippen molar-refractivity contribution in [2.24, 2.45) is 0 Å². The molecule has 0 radical (unpaired) electrons. The largest absolute Gasteiger partial charge is 0.444 e. The van der Waals surface area contributed by atoms with Gasteiger partial charge in [-0.15, -0.1) is 11.3 Å². The van der Waals surface area contributed by atoms with Crippen molar-refractivity contribution in [2.75, 3.05) is 28.9 Å². The van der Waals surface area contributed by atoms with Crippen molar-refractivity contribution in [3.05, 3.63) is 35.1 Å². The molecule has 44 heavy (non-hydrogen) atoms. The molecule has 2 N–H and O–H groups in total. The maximum absolute atomic E-state index is 14.6. The van der Waals surface area contributed by atoms with Gasteiger partial charge in [0.05, 0.1) is 22.9 Å². The van der Waals surface area contributed by atoms with Gasteiger partial charge >= 0.3 is 12.3 Å². The molecule has 1 fully saturated rings. The van der Waals surface area contributed by atoms with E-state index in [0.717, 1.165) is 0 Å². The first-order chi connectivity index (χ1) is 20.4. The van der Waals surface area contributed by atoms with Crippen LogP contribution in [-0.2, 0) is 14.8 Å². The number of sulfonamides is 1. The van der Waals surface area contributed by atoms with E-state index in [1.165, 1.54) is 41.5 Å². The Morgan fingerprint density at radius 2 is 1.84 bits per heavy atom. The summed E-state index contributed by atoms with van der Waals surface area (Å²) in [4.78, 5) is 31.5. The summed E-state index contributed by atoms with van der Waals surface area (Å²) in [5.41, 5.74) is -0.105. The molecule has 1 aliphatic heterocycles. The highest BCUT2D eigenvalue weighted by Crippen LogP contribution is 2.38. The van der Waals surface area contributed by atoms with Crippen LogP contribution in [0.4, 0.5) is 34.1 Å². The third-order valence-corrected chi connectivity index (χ3v) is 8.04. The normalized spacial score (nSPS) is 17.7. The monoisotopic (exact) mass is 661 g/mol. The lowest BCUT2D eigenvalue weighted by Crippen LogP contribution is -2.51. The van der Waals surface area contributed by atoms with Crippen LogP contribution in [0.5, 0.6) is 11.6 Å². The number of likely N-dealkylation sites (tertiary alicyclic amines) is 1. The highest BCUT2D eigenvalue weighted by Gasteiger charge is 2.36. The van der Waals surface area contributed by atoms with Crippen LogP contribution in [0.2, 0.25) is 0 Å². The number of piperidine rings is 1. The second kappa shape index (κ2) is 12.7. The van der Waals surface area contributed by atoms with Crippen LogP contribution in [0.1, 0.15) is 37.9 Å². The zero-order valence-electron chi connectivity index (χ0n) is 24.4. The Hall–Kier alpha value is -3.80. The van der Waals surface area contributed by atoms with Gasteiger partial charge in [0.1, 0.15) is 22.5 Å². The van der Waals surface area contributed by atoms with Gasteiger partial charge in [-0.05, 0) is 52.8 Å². The minimum atomic E-state index is -4.91. The Bertz CT molecular complexity index is 1610. The standard InChI is InChI=1S/C26H31F4N7O5S2/c1-14-19(6-7-20(32-14)36-44(39,40)13-26(28,29)30)41-22-21(43-15(2)33-22)18-8-9-31-23(35-18)34-17-10-16(27)11-37(12-17)24(38)42-25(3,4)5/h6-9,16-17H,10-13H2,1-5H3,(H,32,36)(H,31,34,35)/t16-,17-/m0/s1. The predicted molar refractivity (Wildman–Crippen MR) is 155 cm³/mol. The van der Waals surface area contributed by atoms with E-state index < -0.39 is 45.9 Å². The number of hydrogen-bond donors (Lipinski definition) is 2. The van der Waals surface area contributed by atoms with E-state index in [1.807, 2.05) is 0 Å². The van der Waals surface area contributed by atoms with Gasteiger partial charge in [0.2, 0.25) is 21.9 Å². The van der Waals surface area contributed by atoms with E-state index in [4.69, 9.17) is 9.47 Å². The number of pyridine rings is 1. The average Bonchev–Trinajstić information content (AvgIpc) is 3.22. The van der Waals surface area contributed by atoms with Crippen molar-refractivity contribution >= 4 is 39.2 Å². The topological polar surface area (TPSA) is 149 Å². The van der Waals surface area contributed by atoms with E-state index in [1.54, 1.807) is 38.5 Å². The first-order valence-corrected chi connectivity index (χ1v) is 15.7. The Labute approximate surface area is 255 Å². The SMILES string of the molecule is Cc1nc(Oc2ccc(NS(=O)(=O)CC(F)(F)F)nc2C)c(-c2ccnc(N[C@H]3C[C@H](F)CN(C(=O)OC(C)(C)C)C3)n2)s1. The van der Waals surface area contributed by atoms with E-state index in [0.29, 0.717) is 15.6 Å². The first kappa shape index (κ1) is 33.1. The number of aromatic nitrogens is 4. The van der Waals surface area contributed by atoms with Gasteiger partial charge < -0.3 is 19.7 Å². The maximum Gasteiger partial charge on any atom is 0.410 e. The summed E-state index contributed by atoms with van der Waals surface area (Å²) >= 11 is 1.27. The van der Waals surface area contributed by atoms with Gasteiger partial charge in [0.25, 0.3) is 0 Å². The van der Waals surface area contributed by atoms with Crippen LogP contribution in [0.25, 0.3) is 10.6 Å². The molecule has 2 atom stereocenters. The van der Waals surface area contributed by atoms with Crippen molar-refractivity contribution in [1.29, 1.82) is 0 Å². The molecule has 1 amide bonds. The van der Waals surface area contributed by atoms with E-state index >= 15 is 0 Å². The summed E-state index contributed by atoms with van der Waals surface area (Å²) < 4.78 is 89.0. The van der Waals surface area contributed by atoms with Crippen molar-refractivity contribution in [3.63, 3.8) is 0 Å². The number of carbonyl (C=O) groups is 1. The third-order valence-electron chi connectivity index (χ3n) is 5.83. The number of nitrogens with zero attached hydrogens (tertiary/aromatic N) is 5. The molecule has 0 bridgehead atoms. The minimum Gasteiger partial charge on any atom is -0.444 e. The summed E-state index contributed by atoms with van der Waals surface area (Å²) in [6, 6.07) is 3.67. The molecule has 1 aliphatic rings. The van der Waals surface area contributed by atoms with E-state index in [-0.39, 0.29) is 48.6 Å². The fourth-order valence-electron chi connectivity index (χ4n) is 4.22. The fourth-order valence-corrected chi connectivity index (χ4v) is 5.97. The van der Waals surface area contributed by atoms with Crippen molar-refractivity contribution in [1.82, 2.24) is 24.8 Å². The molecule has 12 nitrogen and oxygen atoms in total. The molecule has 240 valence electrons. The van der Waals surface area contributed by atoms with Crippen molar-refractivity contribution in [2.45, 2.75) is 65.0 Å². The molecular formula is C26H31F4N7O5S2. The molecule has 0 spiro atoms. The number of ether oxygens (including phenoxy) is 2. The lowest BCUT2D eigenvalue weighted by molar-refractivity contribution is -0.106. The van der Waals surface area contributed by atoms with Gasteiger partial charge in [-0.2, -0.15) is 13.2 Å². The molecule has 1 saturated heterocycles. The summed E-state index contributed by atoms with van der Waals surface area (Å²) in [5.74, 6) is -1.82. The molecule has 4 heterocycles. The van der Waals surface area contributed by atoms with Crippen molar-refractivity contribution in [3.8, 4) is 22.2 Å². The van der Waals surface area contributed by atoms with Gasteiger partial charge in [-0.3, -0.25) is 4.72 Å². The van der Waals surface area contributed by atoms with Crippen LogP contribution >= 0.6 is 11.3 Å². The number of aryl methyl sites for hydroxylation is 2. The van der Waals surface area contributed by atoms with Gasteiger partial charge in [-0.25, -0.2) is 37.5 Å². The zero-order chi connectivity index (χ0) is 32.4. The van der Waals surface area contributed by atoms with E-state index in [9.17, 15) is 30.8 Å². The number of carbonyl (C=O) groups excluding carboxylic acids is 1. The Morgan fingerprint density at radius 1 is 1.11 bits per heavy atom. The molecule has 0 unspecified atom stereocenters. The number of hydrogen-bond acceptors (Lipinski definition) is 11. The van der Waals surface area contributed by atoms with Crippen LogP contribution in [0, 0.1) is 13.8 Å². The van der Waals surface area contributed by atoms with E-state index in [2.05, 4.69) is 25.3 Å². The summed E-state index contributed by atoms with van der Waals surface area (Å²) in [6.07, 6.45) is -5.16. The first-order valence-electron chi connectivity index (χ1n) is 13.3. The number of halogens is 4. The summed E-state index contributed by atoms with van der Waals surface area (Å²) in [5, 5.41) is 3.72. The smallest absolute Gasteiger partial charge is 0.410 e. The average molecular weight is 662 g/mol. The molecule has 3 aromatic heterocycles. The predicted octanol–water partition coefficient (Wildman–Crippen LogP) is 5.47. The molecule has 0 aliphatic carbocycles. The molecule has 0 saturated carbocycles. The third kappa shape index (κ3) is 9.35. The lowest BCUT2D eigenvalue weighted by atomic mass is 10.0. The number of rotatable bonds is 8. The van der Waals surface area contributed by atoms with Crippen LogP contribution in [0.3, 0.4) is 0 Å². The zero-order valence-corrected chi connectivity index (χ0v) is 26.0. The second-order valence-electron chi connectivity index (χ2n) is 11.1. The molecular weight excluding hydrogens is 630 g/mol. The number of thiazole rings is 1. The number of nitrogens with one attached hydrogen (secondary N) is 2. The molecule has 4 rings (SSSR count). The minimum absolute atomic E-state index is 0.0798.